The van der Waals surface area contributed by atoms with Crippen LogP contribution in [0.5, 0.6) is 0 Å². The number of aromatic nitrogens is 2. The number of H-pyrrole nitrogens is 1. The number of imidazole rings is 1. The van der Waals surface area contributed by atoms with Crippen LogP contribution < -0.4 is 5.73 Å². The van der Waals surface area contributed by atoms with Crippen LogP contribution in [-0.4, -0.2) is 9.97 Å². The molecule has 1 atom stereocenters. The number of nitrogens with two attached hydrogens (primary N) is 1. The van der Waals surface area contributed by atoms with Gasteiger partial charge in [0.2, 0.25) is 0 Å². The zero-order valence-corrected chi connectivity index (χ0v) is 10.8. The van der Waals surface area contributed by atoms with Crippen LogP contribution in [0, 0.1) is 0 Å². The van der Waals surface area contributed by atoms with E-state index in [9.17, 15) is 0 Å². The first-order valence-corrected chi connectivity index (χ1v) is 6.37. The van der Waals surface area contributed by atoms with Crippen molar-refractivity contribution in [2.75, 3.05) is 0 Å². The van der Waals surface area contributed by atoms with Gasteiger partial charge in [-0.3, -0.25) is 0 Å². The molecule has 0 saturated heterocycles. The van der Waals surface area contributed by atoms with E-state index in [4.69, 9.17) is 17.3 Å². The van der Waals surface area contributed by atoms with E-state index in [1.54, 1.807) is 6.20 Å². The average Bonchev–Trinajstić information content (AvgIpc) is 2.85. The van der Waals surface area contributed by atoms with E-state index >= 15 is 0 Å². The Morgan fingerprint density at radius 1 is 1.62 bits per heavy atom. The van der Waals surface area contributed by atoms with E-state index in [0.29, 0.717) is 0 Å². The maximum absolute atomic E-state index is 6.12. The zero-order valence-electron chi connectivity index (χ0n) is 9.25. The molecule has 0 fully saturated rings. The minimum atomic E-state index is -0.405. The lowest BCUT2D eigenvalue weighted by atomic mass is 10.0. The molecular formula is C11H14ClN3S. The Labute approximate surface area is 104 Å². The van der Waals surface area contributed by atoms with Crippen molar-refractivity contribution >= 4 is 22.9 Å². The highest BCUT2D eigenvalue weighted by molar-refractivity contribution is 7.14. The van der Waals surface area contributed by atoms with Crippen LogP contribution in [0.4, 0.5) is 0 Å². The summed E-state index contributed by atoms with van der Waals surface area (Å²) in [6.07, 6.45) is 2.64. The molecule has 0 spiro atoms. The van der Waals surface area contributed by atoms with Gasteiger partial charge in [-0.1, -0.05) is 18.5 Å². The van der Waals surface area contributed by atoms with Gasteiger partial charge in [0.15, 0.2) is 0 Å². The molecule has 0 aromatic carbocycles. The summed E-state index contributed by atoms with van der Waals surface area (Å²) >= 11 is 7.40. The van der Waals surface area contributed by atoms with Crippen molar-refractivity contribution < 1.29 is 0 Å². The molecule has 3 nitrogen and oxygen atoms in total. The van der Waals surface area contributed by atoms with Gasteiger partial charge >= 0.3 is 0 Å². The van der Waals surface area contributed by atoms with Crippen molar-refractivity contribution in [3.63, 3.8) is 0 Å². The van der Waals surface area contributed by atoms with Gasteiger partial charge in [-0.05, 0) is 19.4 Å². The fraction of sp³-hybridized carbons (Fsp3) is 0.364. The summed E-state index contributed by atoms with van der Waals surface area (Å²) in [5.74, 6) is 0.812. The number of nitrogens with zero attached hydrogens (tertiary/aromatic N) is 1. The van der Waals surface area contributed by atoms with Crippen molar-refractivity contribution in [3.05, 3.63) is 27.8 Å². The molecule has 86 valence electrons. The average molecular weight is 256 g/mol. The molecule has 2 aromatic rings. The molecule has 0 bridgehead atoms. The number of rotatable bonds is 3. The van der Waals surface area contributed by atoms with Crippen LogP contribution in [0.1, 0.15) is 26.1 Å². The van der Waals surface area contributed by atoms with Gasteiger partial charge in [-0.2, -0.15) is 0 Å². The smallest absolute Gasteiger partial charge is 0.126 e. The first-order chi connectivity index (χ1) is 7.53. The summed E-state index contributed by atoms with van der Waals surface area (Å²) in [5, 5.41) is 2.00. The molecular weight excluding hydrogens is 242 g/mol. The van der Waals surface area contributed by atoms with Crippen LogP contribution in [0.3, 0.4) is 0 Å². The summed E-state index contributed by atoms with van der Waals surface area (Å²) in [5.41, 5.74) is 7.73. The minimum Gasteiger partial charge on any atom is -0.340 e. The summed E-state index contributed by atoms with van der Waals surface area (Å²) in [6, 6.07) is 1.92. The standard InChI is InChI=1S/C11H14ClN3S/c1-3-11(2,13)10-14-5-8(15-10)7-4-9(12)16-6-7/h4-6H,3,13H2,1-2H3,(H,14,15). The summed E-state index contributed by atoms with van der Waals surface area (Å²) < 4.78 is 0.775. The minimum absolute atomic E-state index is 0.405. The van der Waals surface area contributed by atoms with E-state index in [-0.39, 0.29) is 0 Å². The predicted molar refractivity (Wildman–Crippen MR) is 68.7 cm³/mol. The molecule has 0 aliphatic carbocycles. The zero-order chi connectivity index (χ0) is 11.8. The second-order valence-corrected chi connectivity index (χ2v) is 5.60. The van der Waals surface area contributed by atoms with E-state index in [1.807, 2.05) is 25.3 Å². The Morgan fingerprint density at radius 2 is 2.38 bits per heavy atom. The molecule has 5 heteroatoms. The lowest BCUT2D eigenvalue weighted by Gasteiger charge is -2.19. The highest BCUT2D eigenvalue weighted by Crippen LogP contribution is 2.29. The monoisotopic (exact) mass is 255 g/mol. The van der Waals surface area contributed by atoms with Crippen molar-refractivity contribution in [2.24, 2.45) is 5.73 Å². The molecule has 2 heterocycles. The van der Waals surface area contributed by atoms with Gasteiger partial charge in [0.05, 0.1) is 21.8 Å². The Morgan fingerprint density at radius 3 is 2.94 bits per heavy atom. The molecule has 0 amide bonds. The first-order valence-electron chi connectivity index (χ1n) is 5.11. The number of nitrogens with one attached hydrogen (secondary N) is 1. The molecule has 0 radical (unpaired) electrons. The van der Waals surface area contributed by atoms with E-state index < -0.39 is 5.54 Å². The summed E-state index contributed by atoms with van der Waals surface area (Å²) in [7, 11) is 0. The molecule has 2 aromatic heterocycles. The summed E-state index contributed by atoms with van der Waals surface area (Å²) in [6.45, 7) is 4.01. The molecule has 0 aliphatic rings. The fourth-order valence-electron chi connectivity index (χ4n) is 1.38. The quantitative estimate of drug-likeness (QED) is 0.884. The lowest BCUT2D eigenvalue weighted by molar-refractivity contribution is 0.450. The van der Waals surface area contributed by atoms with Crippen LogP contribution in [0.25, 0.3) is 11.3 Å². The van der Waals surface area contributed by atoms with Gasteiger partial charge in [-0.25, -0.2) is 4.98 Å². The number of thiophene rings is 1. The topological polar surface area (TPSA) is 54.7 Å². The summed E-state index contributed by atoms with van der Waals surface area (Å²) in [4.78, 5) is 7.57. The third-order valence-electron chi connectivity index (χ3n) is 2.73. The molecule has 16 heavy (non-hydrogen) atoms. The number of halogens is 1. The van der Waals surface area contributed by atoms with Gasteiger partial charge in [0, 0.05) is 10.9 Å². The van der Waals surface area contributed by atoms with Crippen LogP contribution in [0.2, 0.25) is 4.34 Å². The largest absolute Gasteiger partial charge is 0.340 e. The number of hydrogen-bond donors (Lipinski definition) is 2. The third kappa shape index (κ3) is 2.14. The third-order valence-corrected chi connectivity index (χ3v) is 3.82. The van der Waals surface area contributed by atoms with Crippen LogP contribution in [0.15, 0.2) is 17.6 Å². The molecule has 2 rings (SSSR count). The van der Waals surface area contributed by atoms with Gasteiger partial charge < -0.3 is 10.7 Å². The van der Waals surface area contributed by atoms with Crippen molar-refractivity contribution in [3.8, 4) is 11.3 Å². The van der Waals surface area contributed by atoms with Crippen molar-refractivity contribution in [1.29, 1.82) is 0 Å². The van der Waals surface area contributed by atoms with Crippen molar-refractivity contribution in [1.82, 2.24) is 9.97 Å². The highest BCUT2D eigenvalue weighted by Gasteiger charge is 2.22. The maximum Gasteiger partial charge on any atom is 0.126 e. The Kier molecular flexibility index (Phi) is 3.06. The number of hydrogen-bond acceptors (Lipinski definition) is 3. The van der Waals surface area contributed by atoms with Crippen molar-refractivity contribution in [2.45, 2.75) is 25.8 Å². The van der Waals surface area contributed by atoms with Gasteiger partial charge in [0.25, 0.3) is 0 Å². The normalized spacial score (nSPS) is 15.0. The molecule has 0 aliphatic heterocycles. The Hall–Kier alpha value is -0.840. The highest BCUT2D eigenvalue weighted by atomic mass is 35.5. The van der Waals surface area contributed by atoms with E-state index in [1.165, 1.54) is 11.3 Å². The Balaban J connectivity index is 2.33. The fourth-order valence-corrected chi connectivity index (χ4v) is 2.26. The number of aromatic amines is 1. The predicted octanol–water partition coefficient (Wildman–Crippen LogP) is 3.38. The molecule has 1 unspecified atom stereocenters. The SMILES string of the molecule is CCC(C)(N)c1ncc(-c2csc(Cl)c2)[nH]1. The van der Waals surface area contributed by atoms with Crippen LogP contribution in [-0.2, 0) is 5.54 Å². The van der Waals surface area contributed by atoms with E-state index in [0.717, 1.165) is 27.8 Å². The maximum atomic E-state index is 6.12. The van der Waals surface area contributed by atoms with Gasteiger partial charge in [0.1, 0.15) is 5.82 Å². The second-order valence-electron chi connectivity index (χ2n) is 4.06. The lowest BCUT2D eigenvalue weighted by Crippen LogP contribution is -2.33. The van der Waals surface area contributed by atoms with E-state index in [2.05, 4.69) is 9.97 Å². The molecule has 0 saturated carbocycles. The molecule has 3 N–H and O–H groups in total. The second kappa shape index (κ2) is 4.20. The first kappa shape index (κ1) is 11.6. The van der Waals surface area contributed by atoms with Gasteiger partial charge in [-0.15, -0.1) is 11.3 Å². The van der Waals surface area contributed by atoms with Crippen LogP contribution >= 0.6 is 22.9 Å². The Bertz CT molecular complexity index is 487.